The topological polar surface area (TPSA) is 115 Å². The second kappa shape index (κ2) is 13.5. The number of rotatable bonds is 12. The predicted octanol–water partition coefficient (Wildman–Crippen LogP) is 7.21. The lowest BCUT2D eigenvalue weighted by Gasteiger charge is -2.44. The Morgan fingerprint density at radius 3 is 2.36 bits per heavy atom. The van der Waals surface area contributed by atoms with Crippen LogP contribution in [0.15, 0.2) is 47.0 Å². The molecule has 1 aliphatic carbocycles. The first-order valence-corrected chi connectivity index (χ1v) is 16.3. The van der Waals surface area contributed by atoms with Gasteiger partial charge in [-0.2, -0.15) is 4.98 Å². The molecule has 5 rings (SSSR count). The van der Waals surface area contributed by atoms with Crippen LogP contribution in [0.4, 0.5) is 0 Å². The van der Waals surface area contributed by atoms with Crippen molar-refractivity contribution in [1.29, 1.82) is 0 Å². The summed E-state index contributed by atoms with van der Waals surface area (Å²) in [5, 5.41) is 14.5. The smallest absolute Gasteiger partial charge is 0.312 e. The van der Waals surface area contributed by atoms with Crippen molar-refractivity contribution in [1.82, 2.24) is 15.0 Å². The maximum Gasteiger partial charge on any atom is 0.312 e. The van der Waals surface area contributed by atoms with Gasteiger partial charge in [-0.1, -0.05) is 62.2 Å². The van der Waals surface area contributed by atoms with Crippen LogP contribution in [-0.2, 0) is 16.0 Å². The highest BCUT2D eigenvalue weighted by Gasteiger charge is 2.44. The summed E-state index contributed by atoms with van der Waals surface area (Å²) in [5.74, 6) is 0.925. The van der Waals surface area contributed by atoms with Crippen LogP contribution in [0.1, 0.15) is 95.4 Å². The standard InChI is InChI=1S/C36H50N4O4/c1-24(2)20-28-14-15-29(21-25(28)3)33-38-32(39-44-33)27-12-10-26(11-13-27)31(22-35(4,5)37)40-18-16-36(17-19-40,34(41)42)23-43-30-8-6-7-9-30/h10-15,21,24,30-31H,6-9,16-20,22-23,37H2,1-5H3,(H,41,42). The number of hydrogen-bond acceptors (Lipinski definition) is 7. The second-order valence-electron chi connectivity index (χ2n) is 14.3. The fourth-order valence-corrected chi connectivity index (χ4v) is 6.78. The first-order chi connectivity index (χ1) is 20.9. The van der Waals surface area contributed by atoms with Crippen LogP contribution in [0.2, 0.25) is 0 Å². The van der Waals surface area contributed by atoms with Crippen molar-refractivity contribution < 1.29 is 19.2 Å². The first-order valence-electron chi connectivity index (χ1n) is 16.3. The summed E-state index contributed by atoms with van der Waals surface area (Å²) >= 11 is 0. The molecule has 1 aliphatic heterocycles. The molecule has 1 aromatic heterocycles. The monoisotopic (exact) mass is 602 g/mol. The molecule has 8 nitrogen and oxygen atoms in total. The van der Waals surface area contributed by atoms with Gasteiger partial charge < -0.3 is 20.1 Å². The van der Waals surface area contributed by atoms with Crippen LogP contribution < -0.4 is 5.73 Å². The van der Waals surface area contributed by atoms with Gasteiger partial charge in [-0.05, 0) is 107 Å². The van der Waals surface area contributed by atoms with E-state index in [4.69, 9.17) is 20.0 Å². The molecule has 3 N–H and O–H groups in total. The summed E-state index contributed by atoms with van der Waals surface area (Å²) in [4.78, 5) is 19.6. The van der Waals surface area contributed by atoms with E-state index in [1.165, 1.54) is 24.0 Å². The van der Waals surface area contributed by atoms with E-state index < -0.39 is 11.4 Å². The molecule has 0 radical (unpaired) electrons. The third kappa shape index (κ3) is 7.76. The van der Waals surface area contributed by atoms with Gasteiger partial charge in [0.25, 0.3) is 5.89 Å². The number of carboxylic acids is 1. The van der Waals surface area contributed by atoms with Gasteiger partial charge in [0, 0.05) is 22.7 Å². The highest BCUT2D eigenvalue weighted by molar-refractivity contribution is 5.75. The van der Waals surface area contributed by atoms with Crippen LogP contribution in [0, 0.1) is 18.3 Å². The summed E-state index contributed by atoms with van der Waals surface area (Å²) in [7, 11) is 0. The summed E-state index contributed by atoms with van der Waals surface area (Å²) in [6, 6.07) is 14.7. The molecule has 1 atom stereocenters. The first kappa shape index (κ1) is 32.3. The molecule has 1 saturated heterocycles. The van der Waals surface area contributed by atoms with Crippen LogP contribution in [0.3, 0.4) is 0 Å². The molecule has 8 heteroatoms. The minimum absolute atomic E-state index is 0.0692. The van der Waals surface area contributed by atoms with Gasteiger partial charge in [-0.3, -0.25) is 9.69 Å². The van der Waals surface area contributed by atoms with Gasteiger partial charge in [0.15, 0.2) is 0 Å². The van der Waals surface area contributed by atoms with Crippen LogP contribution >= 0.6 is 0 Å². The highest BCUT2D eigenvalue weighted by atomic mass is 16.5. The Balaban J connectivity index is 1.29. The number of aliphatic carboxylic acids is 1. The van der Waals surface area contributed by atoms with Gasteiger partial charge in [0.1, 0.15) is 0 Å². The van der Waals surface area contributed by atoms with Gasteiger partial charge >= 0.3 is 5.97 Å². The molecule has 2 fully saturated rings. The quantitative estimate of drug-likeness (QED) is 0.224. The summed E-state index contributed by atoms with van der Waals surface area (Å²) < 4.78 is 11.8. The molecule has 2 aliphatic rings. The molecule has 0 amide bonds. The normalized spacial score (nSPS) is 18.6. The third-order valence-corrected chi connectivity index (χ3v) is 9.46. The number of aryl methyl sites for hydroxylation is 1. The van der Waals surface area contributed by atoms with Gasteiger partial charge in [0.05, 0.1) is 18.1 Å². The molecular formula is C36H50N4O4. The van der Waals surface area contributed by atoms with E-state index in [1.807, 2.05) is 26.0 Å². The highest BCUT2D eigenvalue weighted by Crippen LogP contribution is 2.39. The number of likely N-dealkylation sites (tertiary alicyclic amines) is 1. The maximum absolute atomic E-state index is 12.5. The van der Waals surface area contributed by atoms with E-state index in [2.05, 4.69) is 61.2 Å². The fourth-order valence-electron chi connectivity index (χ4n) is 6.78. The fraction of sp³-hybridized carbons (Fsp3) is 0.583. The lowest BCUT2D eigenvalue weighted by molar-refractivity contribution is -0.159. The number of hydrogen-bond donors (Lipinski definition) is 2. The van der Waals surface area contributed by atoms with Gasteiger partial charge in [-0.25, -0.2) is 0 Å². The van der Waals surface area contributed by atoms with Crippen molar-refractivity contribution in [2.75, 3.05) is 19.7 Å². The van der Waals surface area contributed by atoms with E-state index in [0.717, 1.165) is 42.4 Å². The number of benzene rings is 2. The SMILES string of the molecule is Cc1cc(-c2nc(-c3ccc(C(CC(C)(C)N)N4CCC(COC5CCCC5)(C(=O)O)CC4)cc3)no2)ccc1CC(C)C. The molecule has 44 heavy (non-hydrogen) atoms. The van der Waals surface area contributed by atoms with Crippen LogP contribution in [0.5, 0.6) is 0 Å². The minimum atomic E-state index is -0.824. The van der Waals surface area contributed by atoms with Crippen molar-refractivity contribution in [3.8, 4) is 22.8 Å². The molecule has 0 bridgehead atoms. The Kier molecular flexibility index (Phi) is 9.93. The molecule has 3 aromatic rings. The van der Waals surface area contributed by atoms with Crippen LogP contribution in [-0.4, -0.2) is 57.5 Å². The minimum Gasteiger partial charge on any atom is -0.481 e. The number of carbonyl (C=O) groups is 1. The van der Waals surface area contributed by atoms with Crippen molar-refractivity contribution in [2.45, 2.75) is 104 Å². The zero-order valence-electron chi connectivity index (χ0n) is 27.1. The van der Waals surface area contributed by atoms with Gasteiger partial charge in [0.2, 0.25) is 5.82 Å². The average Bonchev–Trinajstić information content (AvgIpc) is 3.69. The molecule has 238 valence electrons. The summed E-state index contributed by atoms with van der Waals surface area (Å²) in [6.45, 7) is 12.4. The number of nitrogens with two attached hydrogens (primary N) is 1. The van der Waals surface area contributed by atoms with Crippen molar-refractivity contribution in [3.05, 3.63) is 59.2 Å². The lowest BCUT2D eigenvalue weighted by atomic mass is 9.78. The zero-order chi connectivity index (χ0) is 31.5. The Bertz CT molecular complexity index is 1390. The van der Waals surface area contributed by atoms with Crippen LogP contribution in [0.25, 0.3) is 22.8 Å². The number of nitrogens with zero attached hydrogens (tertiary/aromatic N) is 3. The largest absolute Gasteiger partial charge is 0.481 e. The summed E-state index contributed by atoms with van der Waals surface area (Å²) in [5.41, 5.74) is 10.9. The van der Waals surface area contributed by atoms with Gasteiger partial charge in [-0.15, -0.1) is 0 Å². The average molecular weight is 603 g/mol. The third-order valence-electron chi connectivity index (χ3n) is 9.46. The number of aromatic nitrogens is 2. The Labute approximate surface area is 262 Å². The van der Waals surface area contributed by atoms with Crippen molar-refractivity contribution in [3.63, 3.8) is 0 Å². The van der Waals surface area contributed by atoms with Crippen molar-refractivity contribution >= 4 is 5.97 Å². The molecule has 1 unspecified atom stereocenters. The molecular weight excluding hydrogens is 552 g/mol. The predicted molar refractivity (Wildman–Crippen MR) is 173 cm³/mol. The van der Waals surface area contributed by atoms with E-state index in [1.54, 1.807) is 0 Å². The van der Waals surface area contributed by atoms with E-state index in [-0.39, 0.29) is 17.7 Å². The molecule has 2 heterocycles. The Hall–Kier alpha value is -3.07. The second-order valence-corrected chi connectivity index (χ2v) is 14.3. The van der Waals surface area contributed by atoms with E-state index in [0.29, 0.717) is 50.2 Å². The zero-order valence-corrected chi connectivity index (χ0v) is 27.1. The number of carboxylic acid groups (broad SMARTS) is 1. The molecule has 0 spiro atoms. The molecule has 1 saturated carbocycles. The lowest BCUT2D eigenvalue weighted by Crippen LogP contribution is -2.49. The molecule has 2 aromatic carbocycles. The van der Waals surface area contributed by atoms with E-state index >= 15 is 0 Å². The number of ether oxygens (including phenoxy) is 1. The number of piperidine rings is 1. The maximum atomic E-state index is 12.5. The van der Waals surface area contributed by atoms with E-state index in [9.17, 15) is 9.90 Å². The summed E-state index contributed by atoms with van der Waals surface area (Å²) in [6.07, 6.45) is 7.58. The Morgan fingerprint density at radius 2 is 1.77 bits per heavy atom. The van der Waals surface area contributed by atoms with Crippen molar-refractivity contribution in [2.24, 2.45) is 17.1 Å². The Morgan fingerprint density at radius 1 is 1.11 bits per heavy atom.